The Labute approximate surface area is 89.2 Å². The van der Waals surface area contributed by atoms with Crippen LogP contribution in [-0.2, 0) is 19.1 Å². The Bertz CT molecular complexity index is 238. The van der Waals surface area contributed by atoms with Crippen molar-refractivity contribution in [1.82, 2.24) is 0 Å². The van der Waals surface area contributed by atoms with Crippen LogP contribution < -0.4 is 5.73 Å². The molecule has 0 saturated carbocycles. The van der Waals surface area contributed by atoms with E-state index in [4.69, 9.17) is 10.5 Å². The van der Waals surface area contributed by atoms with Crippen molar-refractivity contribution in [2.24, 2.45) is 5.73 Å². The maximum atomic E-state index is 11.0. The number of hydrogen-bond donors (Lipinski definition) is 1. The summed E-state index contributed by atoms with van der Waals surface area (Å²) in [7, 11) is 0. The van der Waals surface area contributed by atoms with Gasteiger partial charge in [-0.1, -0.05) is 6.08 Å². The molecule has 0 rings (SSSR count). The van der Waals surface area contributed by atoms with Gasteiger partial charge in [0.25, 0.3) is 0 Å². The summed E-state index contributed by atoms with van der Waals surface area (Å²) in [6.07, 6.45) is 3.01. The largest absolute Gasteiger partial charge is 0.465 e. The van der Waals surface area contributed by atoms with Gasteiger partial charge in [-0.25, -0.2) is 4.79 Å². The molecule has 0 fully saturated rings. The van der Waals surface area contributed by atoms with E-state index in [0.717, 1.165) is 0 Å². The van der Waals surface area contributed by atoms with Crippen LogP contribution in [0.4, 0.5) is 0 Å². The summed E-state index contributed by atoms with van der Waals surface area (Å²) in [6.45, 7) is 4.05. The zero-order valence-electron chi connectivity index (χ0n) is 9.06. The van der Waals surface area contributed by atoms with Crippen LogP contribution in [0.5, 0.6) is 0 Å². The van der Waals surface area contributed by atoms with E-state index in [2.05, 4.69) is 4.74 Å². The summed E-state index contributed by atoms with van der Waals surface area (Å²) >= 11 is 0. The first-order valence-electron chi connectivity index (χ1n) is 4.87. The third kappa shape index (κ3) is 6.68. The summed E-state index contributed by atoms with van der Waals surface area (Å²) in [5.41, 5.74) is 5.49. The van der Waals surface area contributed by atoms with Crippen LogP contribution in [0.2, 0.25) is 0 Å². The van der Waals surface area contributed by atoms with Gasteiger partial charge < -0.3 is 15.2 Å². The van der Waals surface area contributed by atoms with Crippen molar-refractivity contribution >= 4 is 11.9 Å². The van der Waals surface area contributed by atoms with E-state index in [1.807, 2.05) is 0 Å². The molecule has 0 amide bonds. The van der Waals surface area contributed by atoms with E-state index in [-0.39, 0.29) is 6.42 Å². The third-order valence-corrected chi connectivity index (χ3v) is 1.52. The van der Waals surface area contributed by atoms with Gasteiger partial charge in [0, 0.05) is 6.08 Å². The zero-order valence-corrected chi connectivity index (χ0v) is 9.06. The first-order chi connectivity index (χ1) is 7.11. The van der Waals surface area contributed by atoms with Gasteiger partial charge >= 0.3 is 11.9 Å². The Kier molecular flexibility index (Phi) is 7.27. The highest BCUT2D eigenvalue weighted by Crippen LogP contribution is 1.94. The number of rotatable bonds is 6. The van der Waals surface area contributed by atoms with E-state index >= 15 is 0 Å². The molecule has 1 unspecified atom stereocenters. The quantitative estimate of drug-likeness (QED) is 0.512. The number of carbonyl (C=O) groups is 2. The van der Waals surface area contributed by atoms with E-state index in [0.29, 0.717) is 13.2 Å². The van der Waals surface area contributed by atoms with Crippen molar-refractivity contribution in [3.05, 3.63) is 12.2 Å². The third-order valence-electron chi connectivity index (χ3n) is 1.52. The summed E-state index contributed by atoms with van der Waals surface area (Å²) in [4.78, 5) is 21.9. The Hall–Kier alpha value is -1.36. The van der Waals surface area contributed by atoms with Crippen molar-refractivity contribution in [3.63, 3.8) is 0 Å². The number of esters is 2. The second-order valence-electron chi connectivity index (χ2n) is 2.75. The zero-order chi connectivity index (χ0) is 11.7. The minimum atomic E-state index is -0.726. The van der Waals surface area contributed by atoms with Crippen LogP contribution in [0.15, 0.2) is 12.2 Å². The highest BCUT2D eigenvalue weighted by Gasteiger charge is 2.12. The average Bonchev–Trinajstić information content (AvgIpc) is 2.18. The summed E-state index contributed by atoms with van der Waals surface area (Å²) in [5.74, 6) is -0.903. The molecule has 1 atom stereocenters. The molecule has 0 radical (unpaired) electrons. The first kappa shape index (κ1) is 13.6. The summed E-state index contributed by atoms with van der Waals surface area (Å²) in [6, 6.07) is -0.726. The SMILES string of the molecule is CCOC(=O)/C=C/CC(N)C(=O)OCC. The van der Waals surface area contributed by atoms with Gasteiger partial charge in [-0.3, -0.25) is 4.79 Å². The van der Waals surface area contributed by atoms with Gasteiger partial charge in [0.05, 0.1) is 13.2 Å². The van der Waals surface area contributed by atoms with E-state index in [1.165, 1.54) is 12.2 Å². The summed E-state index contributed by atoms with van der Waals surface area (Å²) < 4.78 is 9.34. The fourth-order valence-corrected chi connectivity index (χ4v) is 0.847. The van der Waals surface area contributed by atoms with E-state index in [9.17, 15) is 9.59 Å². The molecular weight excluding hydrogens is 198 g/mol. The Morgan fingerprint density at radius 2 is 1.87 bits per heavy atom. The van der Waals surface area contributed by atoms with E-state index < -0.39 is 18.0 Å². The van der Waals surface area contributed by atoms with Crippen LogP contribution in [0, 0.1) is 0 Å². The Morgan fingerprint density at radius 1 is 1.27 bits per heavy atom. The molecule has 2 N–H and O–H groups in total. The van der Waals surface area contributed by atoms with Crippen LogP contribution in [-0.4, -0.2) is 31.2 Å². The predicted octanol–water partition coefficient (Wildman–Crippen LogP) is 0.386. The lowest BCUT2D eigenvalue weighted by molar-refractivity contribution is -0.144. The molecule has 0 heterocycles. The molecule has 0 aliphatic carbocycles. The number of nitrogens with two attached hydrogens (primary N) is 1. The lowest BCUT2D eigenvalue weighted by Gasteiger charge is -2.07. The number of carbonyl (C=O) groups excluding carboxylic acids is 2. The number of hydrogen-bond acceptors (Lipinski definition) is 5. The normalized spacial score (nSPS) is 12.5. The highest BCUT2D eigenvalue weighted by molar-refractivity contribution is 5.82. The fourth-order valence-electron chi connectivity index (χ4n) is 0.847. The molecule has 0 saturated heterocycles. The molecule has 5 nitrogen and oxygen atoms in total. The molecular formula is C10H17NO4. The van der Waals surface area contributed by atoms with Gasteiger partial charge in [-0.05, 0) is 20.3 Å². The molecule has 15 heavy (non-hydrogen) atoms. The van der Waals surface area contributed by atoms with Crippen LogP contribution in [0.25, 0.3) is 0 Å². The van der Waals surface area contributed by atoms with Crippen LogP contribution >= 0.6 is 0 Å². The molecule has 86 valence electrons. The topological polar surface area (TPSA) is 78.6 Å². The molecule has 0 aromatic carbocycles. The number of ether oxygens (including phenoxy) is 2. The molecule has 5 heteroatoms. The second kappa shape index (κ2) is 7.99. The summed E-state index contributed by atoms with van der Waals surface area (Å²) in [5, 5.41) is 0. The van der Waals surface area contributed by atoms with Gasteiger partial charge in [0.2, 0.25) is 0 Å². The predicted molar refractivity (Wildman–Crippen MR) is 55.0 cm³/mol. The van der Waals surface area contributed by atoms with Gasteiger partial charge in [-0.15, -0.1) is 0 Å². The lowest BCUT2D eigenvalue weighted by Crippen LogP contribution is -2.31. The molecule has 0 aliphatic heterocycles. The Morgan fingerprint density at radius 3 is 2.40 bits per heavy atom. The van der Waals surface area contributed by atoms with Crippen molar-refractivity contribution < 1.29 is 19.1 Å². The second-order valence-corrected chi connectivity index (χ2v) is 2.75. The molecule has 0 bridgehead atoms. The first-order valence-corrected chi connectivity index (χ1v) is 4.87. The van der Waals surface area contributed by atoms with Crippen molar-refractivity contribution in [2.75, 3.05) is 13.2 Å². The van der Waals surface area contributed by atoms with Crippen LogP contribution in [0.1, 0.15) is 20.3 Å². The van der Waals surface area contributed by atoms with Crippen molar-refractivity contribution in [2.45, 2.75) is 26.3 Å². The molecule has 0 aliphatic rings. The van der Waals surface area contributed by atoms with Gasteiger partial charge in [0.1, 0.15) is 6.04 Å². The van der Waals surface area contributed by atoms with E-state index in [1.54, 1.807) is 13.8 Å². The fraction of sp³-hybridized carbons (Fsp3) is 0.600. The van der Waals surface area contributed by atoms with Gasteiger partial charge in [0.15, 0.2) is 0 Å². The van der Waals surface area contributed by atoms with Crippen LogP contribution in [0.3, 0.4) is 0 Å². The molecule has 0 aromatic heterocycles. The highest BCUT2D eigenvalue weighted by atomic mass is 16.5. The Balaban J connectivity index is 3.83. The average molecular weight is 215 g/mol. The maximum absolute atomic E-state index is 11.0. The monoisotopic (exact) mass is 215 g/mol. The maximum Gasteiger partial charge on any atom is 0.330 e. The molecule has 0 spiro atoms. The van der Waals surface area contributed by atoms with Crippen molar-refractivity contribution in [3.8, 4) is 0 Å². The van der Waals surface area contributed by atoms with Gasteiger partial charge in [-0.2, -0.15) is 0 Å². The van der Waals surface area contributed by atoms with Crippen molar-refractivity contribution in [1.29, 1.82) is 0 Å². The molecule has 0 aromatic rings. The minimum absolute atomic E-state index is 0.262. The lowest BCUT2D eigenvalue weighted by atomic mass is 10.2. The standard InChI is InChI=1S/C10H17NO4/c1-3-14-9(12)7-5-6-8(11)10(13)15-4-2/h5,7-8H,3-4,6,11H2,1-2H3/b7-5+. The minimum Gasteiger partial charge on any atom is -0.465 e. The smallest absolute Gasteiger partial charge is 0.330 e.